The van der Waals surface area contributed by atoms with Crippen molar-refractivity contribution in [2.24, 2.45) is 19.1 Å². The number of carboxylic acid groups (broad SMARTS) is 1. The van der Waals surface area contributed by atoms with E-state index in [1.54, 1.807) is 0 Å². The molecule has 1 aromatic heterocycles. The van der Waals surface area contributed by atoms with Gasteiger partial charge in [0.15, 0.2) is 0 Å². The predicted octanol–water partition coefficient (Wildman–Crippen LogP) is 4.99. The number of halogens is 4. The van der Waals surface area contributed by atoms with E-state index in [4.69, 9.17) is 0 Å². The summed E-state index contributed by atoms with van der Waals surface area (Å²) >= 11 is 0. The Hall–Kier alpha value is -5.01. The minimum absolute atomic E-state index is 0.0216. The molecule has 0 aliphatic rings. The summed E-state index contributed by atoms with van der Waals surface area (Å²) in [6, 6.07) is 1.30. The van der Waals surface area contributed by atoms with Crippen LogP contribution in [-0.4, -0.2) is 51.1 Å². The van der Waals surface area contributed by atoms with E-state index in [-0.39, 0.29) is 28.9 Å². The highest BCUT2D eigenvalue weighted by Gasteiger charge is 2.36. The monoisotopic (exact) mass is 633 g/mol. The van der Waals surface area contributed by atoms with Crippen molar-refractivity contribution >= 4 is 36.0 Å². The third-order valence-electron chi connectivity index (χ3n) is 6.82. The number of aliphatic imine (C=N–C) groups is 1. The lowest BCUT2D eigenvalue weighted by atomic mass is 9.93. The number of nitrogens with one attached hydrogen (secondary N) is 2. The molecule has 0 aliphatic carbocycles. The van der Waals surface area contributed by atoms with Gasteiger partial charge in [0.05, 0.1) is 16.8 Å². The van der Waals surface area contributed by atoms with E-state index in [2.05, 4.69) is 28.9 Å². The molecular weight excluding hydrogens is 598 g/mol. The van der Waals surface area contributed by atoms with Gasteiger partial charge in [0.25, 0.3) is 11.5 Å². The maximum atomic E-state index is 14.9. The molecule has 0 saturated heterocycles. The van der Waals surface area contributed by atoms with Crippen LogP contribution in [0.4, 0.5) is 28.9 Å². The number of carbonyl (C=O) groups is 2. The summed E-state index contributed by atoms with van der Waals surface area (Å²) in [5.41, 5.74) is -0.661. The number of hydrogen-bond donors (Lipinski definition) is 3. The van der Waals surface area contributed by atoms with Crippen LogP contribution >= 0.6 is 0 Å². The van der Waals surface area contributed by atoms with Gasteiger partial charge >= 0.3 is 17.8 Å². The number of alkyl halides is 3. The smallest absolute Gasteiger partial charge is 0.408 e. The molecule has 0 radical (unpaired) electrons. The first-order chi connectivity index (χ1) is 21.0. The summed E-state index contributed by atoms with van der Waals surface area (Å²) in [5, 5.41) is 14.3. The fourth-order valence-corrected chi connectivity index (χ4v) is 4.53. The third-order valence-corrected chi connectivity index (χ3v) is 6.82. The number of rotatable bonds is 10. The molecule has 0 saturated carbocycles. The molecule has 45 heavy (non-hydrogen) atoms. The van der Waals surface area contributed by atoms with Crippen LogP contribution in [0.5, 0.6) is 0 Å². The Bertz CT molecular complexity index is 1720. The van der Waals surface area contributed by atoms with Gasteiger partial charge in [0, 0.05) is 43.5 Å². The molecule has 14 heteroatoms. The van der Waals surface area contributed by atoms with Crippen molar-refractivity contribution in [1.82, 2.24) is 14.5 Å². The van der Waals surface area contributed by atoms with Crippen LogP contribution in [-0.2, 0) is 25.3 Å². The maximum absolute atomic E-state index is 14.9. The molecule has 242 valence electrons. The first-order valence-corrected chi connectivity index (χ1v) is 13.7. The second-order valence-corrected chi connectivity index (χ2v) is 9.82. The zero-order valence-electron chi connectivity index (χ0n) is 25.7. The van der Waals surface area contributed by atoms with Crippen molar-refractivity contribution in [2.75, 3.05) is 5.32 Å². The first-order valence-electron chi connectivity index (χ1n) is 13.7. The van der Waals surface area contributed by atoms with Gasteiger partial charge < -0.3 is 20.3 Å². The van der Waals surface area contributed by atoms with Gasteiger partial charge in [-0.1, -0.05) is 38.6 Å². The lowest BCUT2D eigenvalue weighted by molar-refractivity contribution is -0.139. The molecule has 3 rings (SSSR count). The number of benzene rings is 2. The summed E-state index contributed by atoms with van der Waals surface area (Å²) in [6.45, 7) is 13.5. The zero-order chi connectivity index (χ0) is 34.4. The first kappa shape index (κ1) is 36.2. The summed E-state index contributed by atoms with van der Waals surface area (Å²) in [6.07, 6.45) is -2.20. The molecule has 0 unspecified atom stereocenters. The number of amides is 1. The molecule has 3 N–H and O–H groups in total. The Kier molecular flexibility index (Phi) is 11.8. The van der Waals surface area contributed by atoms with Gasteiger partial charge in [-0.15, -0.1) is 0 Å². The summed E-state index contributed by atoms with van der Waals surface area (Å²) in [5.74, 6) is -3.69. The average molecular weight is 634 g/mol. The molecule has 2 atom stereocenters. The van der Waals surface area contributed by atoms with Gasteiger partial charge in [0.2, 0.25) is 0 Å². The highest BCUT2D eigenvalue weighted by Crippen LogP contribution is 2.35. The van der Waals surface area contributed by atoms with Crippen molar-refractivity contribution in [3.05, 3.63) is 86.0 Å². The minimum atomic E-state index is -4.59. The van der Waals surface area contributed by atoms with Crippen molar-refractivity contribution in [1.29, 1.82) is 0 Å². The SMILES string of the molecule is C=Cc1c(C[C@H](NC(=O)c2c(C)cc(N[C@H](C)C(F)(F)F)cc2F)C(=O)O)ccc(-c2cn(C)c(=O)n(C)c2=O)c1N=C.CC. The van der Waals surface area contributed by atoms with Crippen LogP contribution < -0.4 is 21.9 Å². The Morgan fingerprint density at radius 2 is 1.76 bits per heavy atom. The lowest BCUT2D eigenvalue weighted by Gasteiger charge is -2.21. The fraction of sp³-hybridized carbons (Fsp3) is 0.323. The number of aromatic nitrogens is 2. The van der Waals surface area contributed by atoms with Crippen LogP contribution in [0, 0.1) is 12.7 Å². The molecule has 0 spiro atoms. The number of aliphatic carboxylic acids is 1. The fourth-order valence-electron chi connectivity index (χ4n) is 4.53. The van der Waals surface area contributed by atoms with Crippen LogP contribution in [0.3, 0.4) is 0 Å². The van der Waals surface area contributed by atoms with Gasteiger partial charge in [0.1, 0.15) is 17.9 Å². The second kappa shape index (κ2) is 14.6. The molecule has 3 aromatic rings. The quantitative estimate of drug-likeness (QED) is 0.213. The van der Waals surface area contributed by atoms with Crippen molar-refractivity contribution in [3.63, 3.8) is 0 Å². The highest BCUT2D eigenvalue weighted by atomic mass is 19.4. The van der Waals surface area contributed by atoms with Crippen LogP contribution in [0.15, 0.2) is 51.6 Å². The number of carboxylic acids is 1. The predicted molar refractivity (Wildman–Crippen MR) is 166 cm³/mol. The molecule has 0 aliphatic heterocycles. The summed E-state index contributed by atoms with van der Waals surface area (Å²) < 4.78 is 55.7. The number of anilines is 1. The molecular formula is C31H35F4N5O5. The molecule has 1 amide bonds. The number of nitrogens with zero attached hydrogens (tertiary/aromatic N) is 3. The van der Waals surface area contributed by atoms with E-state index in [1.807, 2.05) is 13.8 Å². The average Bonchev–Trinajstić information content (AvgIpc) is 2.97. The van der Waals surface area contributed by atoms with E-state index in [1.165, 1.54) is 50.0 Å². The Labute approximate surface area is 256 Å². The largest absolute Gasteiger partial charge is 0.480 e. The van der Waals surface area contributed by atoms with E-state index in [0.29, 0.717) is 16.7 Å². The van der Waals surface area contributed by atoms with Gasteiger partial charge in [-0.25, -0.2) is 14.0 Å². The van der Waals surface area contributed by atoms with Gasteiger partial charge in [-0.3, -0.25) is 19.1 Å². The highest BCUT2D eigenvalue weighted by molar-refractivity contribution is 5.98. The minimum Gasteiger partial charge on any atom is -0.480 e. The van der Waals surface area contributed by atoms with Crippen molar-refractivity contribution < 1.29 is 32.3 Å². The molecule has 2 aromatic carbocycles. The van der Waals surface area contributed by atoms with E-state index >= 15 is 0 Å². The number of hydrogen-bond acceptors (Lipinski definition) is 6. The standard InChI is InChI=1S/C29H29F4N5O5.C2H6/c1-7-18-16(8-9-19(24(18)34-4)20-13-37(5)28(43)38(6)26(20)40)11-22(27(41)42)36-25(39)23-14(2)10-17(12-21(23)30)35-15(3)29(31,32)33;1-2/h7-10,12-13,15,22,35H,1,4,11H2,2-3,5-6H3,(H,36,39)(H,41,42);1-2H3/t15-,22+;/m1./s1. The molecule has 0 fully saturated rings. The Morgan fingerprint density at radius 3 is 2.27 bits per heavy atom. The number of carbonyl (C=O) groups excluding carboxylic acids is 1. The summed E-state index contributed by atoms with van der Waals surface area (Å²) in [7, 11) is 2.78. The van der Waals surface area contributed by atoms with E-state index in [0.717, 1.165) is 23.6 Å². The summed E-state index contributed by atoms with van der Waals surface area (Å²) in [4.78, 5) is 54.1. The van der Waals surface area contributed by atoms with Crippen molar-refractivity contribution in [2.45, 2.75) is 52.4 Å². The Morgan fingerprint density at radius 1 is 1.13 bits per heavy atom. The molecule has 0 bridgehead atoms. The number of aryl methyl sites for hydroxylation is 2. The topological polar surface area (TPSA) is 135 Å². The van der Waals surface area contributed by atoms with Crippen LogP contribution in [0.1, 0.15) is 47.8 Å². The van der Waals surface area contributed by atoms with Crippen LogP contribution in [0.2, 0.25) is 0 Å². The third kappa shape index (κ3) is 7.94. The van der Waals surface area contributed by atoms with Crippen molar-refractivity contribution in [3.8, 4) is 11.1 Å². The molecule has 1 heterocycles. The second-order valence-electron chi connectivity index (χ2n) is 9.82. The maximum Gasteiger partial charge on any atom is 0.408 e. The van der Waals surface area contributed by atoms with E-state index < -0.39 is 52.8 Å². The normalized spacial score (nSPS) is 12.3. The van der Waals surface area contributed by atoms with Crippen LogP contribution in [0.25, 0.3) is 17.2 Å². The lowest BCUT2D eigenvalue weighted by Crippen LogP contribution is -2.43. The van der Waals surface area contributed by atoms with E-state index in [9.17, 15) is 41.8 Å². The molecule has 10 nitrogen and oxygen atoms in total. The van der Waals surface area contributed by atoms with Gasteiger partial charge in [-0.05, 0) is 43.8 Å². The zero-order valence-corrected chi connectivity index (χ0v) is 25.7. The Balaban J connectivity index is 0.00000345. The van der Waals surface area contributed by atoms with Gasteiger partial charge in [-0.2, -0.15) is 13.2 Å².